The highest BCUT2D eigenvalue weighted by atomic mass is 32.2. The monoisotopic (exact) mass is 454 g/mol. The summed E-state index contributed by atoms with van der Waals surface area (Å²) in [4.78, 5) is 37.1. The Hall–Kier alpha value is -3.12. The van der Waals surface area contributed by atoms with Crippen LogP contribution in [0.4, 0.5) is 0 Å². The van der Waals surface area contributed by atoms with Gasteiger partial charge in [0, 0.05) is 31.0 Å². The summed E-state index contributed by atoms with van der Waals surface area (Å²) >= 11 is 1.49. The first-order chi connectivity index (χ1) is 15.4. The van der Waals surface area contributed by atoms with E-state index in [0.717, 1.165) is 18.3 Å². The third-order valence-corrected chi connectivity index (χ3v) is 6.51. The first kappa shape index (κ1) is 23.5. The molecule has 3 rings (SSSR count). The Morgan fingerprint density at radius 3 is 2.78 bits per heavy atom. The molecule has 0 N–H and O–H groups in total. The number of methoxy groups -OCH3 is 1. The molecular weight excluding hydrogens is 428 g/mol. The van der Waals surface area contributed by atoms with E-state index in [1.165, 1.54) is 18.9 Å². The highest BCUT2D eigenvalue weighted by Crippen LogP contribution is 2.41. The third-order valence-electron chi connectivity index (χ3n) is 5.39. The van der Waals surface area contributed by atoms with Crippen molar-refractivity contribution in [3.05, 3.63) is 46.7 Å². The van der Waals surface area contributed by atoms with Gasteiger partial charge >= 0.3 is 11.9 Å². The Kier molecular flexibility index (Phi) is 7.70. The quantitative estimate of drug-likeness (QED) is 0.609. The number of hydrogen-bond donors (Lipinski definition) is 0. The van der Waals surface area contributed by atoms with Crippen LogP contribution in [-0.2, 0) is 19.1 Å². The van der Waals surface area contributed by atoms with Crippen molar-refractivity contribution in [2.45, 2.75) is 19.8 Å². The fourth-order valence-electron chi connectivity index (χ4n) is 3.89. The average molecular weight is 455 g/mol. The zero-order valence-corrected chi connectivity index (χ0v) is 19.4. The summed E-state index contributed by atoms with van der Waals surface area (Å²) in [5, 5.41) is 10.3. The number of esters is 2. The van der Waals surface area contributed by atoms with Crippen LogP contribution in [0, 0.1) is 17.2 Å². The molecule has 0 spiro atoms. The second kappa shape index (κ2) is 10.5. The molecule has 9 heteroatoms. The van der Waals surface area contributed by atoms with E-state index in [0.29, 0.717) is 33.9 Å². The maximum atomic E-state index is 13.2. The highest BCUT2D eigenvalue weighted by molar-refractivity contribution is 8.13. The van der Waals surface area contributed by atoms with Gasteiger partial charge < -0.3 is 14.4 Å². The molecule has 0 bridgehead atoms. The molecule has 168 valence electrons. The fraction of sp³-hybridized carbons (Fsp3) is 0.435. The smallest absolute Gasteiger partial charge is 0.336 e. The van der Waals surface area contributed by atoms with Crippen molar-refractivity contribution in [1.29, 1.82) is 5.26 Å². The zero-order chi connectivity index (χ0) is 23.3. The second-order valence-electron chi connectivity index (χ2n) is 7.42. The normalized spacial score (nSPS) is 20.4. The third kappa shape index (κ3) is 4.86. The fourth-order valence-corrected chi connectivity index (χ4v) is 4.87. The van der Waals surface area contributed by atoms with Crippen LogP contribution >= 0.6 is 11.8 Å². The molecule has 2 aliphatic heterocycles. The SMILES string of the molecule is CCOC(=O)C1=C(CSC2=NCCN2C)N=C(C)C(C(=O)OC)C1c1cccc(C#N)c1. The van der Waals surface area contributed by atoms with Crippen LogP contribution in [0.5, 0.6) is 0 Å². The minimum Gasteiger partial charge on any atom is -0.468 e. The summed E-state index contributed by atoms with van der Waals surface area (Å²) < 4.78 is 10.4. The molecule has 32 heavy (non-hydrogen) atoms. The van der Waals surface area contributed by atoms with Crippen molar-refractivity contribution in [3.8, 4) is 6.07 Å². The van der Waals surface area contributed by atoms with Crippen LogP contribution in [0.15, 0.2) is 45.5 Å². The number of nitrogens with zero attached hydrogens (tertiary/aromatic N) is 4. The van der Waals surface area contributed by atoms with E-state index in [-0.39, 0.29) is 6.61 Å². The van der Waals surface area contributed by atoms with E-state index in [2.05, 4.69) is 21.0 Å². The van der Waals surface area contributed by atoms with Gasteiger partial charge in [-0.1, -0.05) is 23.9 Å². The van der Waals surface area contributed by atoms with Gasteiger partial charge in [-0.05, 0) is 31.5 Å². The maximum absolute atomic E-state index is 13.2. The van der Waals surface area contributed by atoms with Crippen molar-refractivity contribution in [1.82, 2.24) is 4.90 Å². The van der Waals surface area contributed by atoms with Gasteiger partial charge in [-0.25, -0.2) is 4.79 Å². The molecular formula is C23H26N4O4S. The summed E-state index contributed by atoms with van der Waals surface area (Å²) in [5.74, 6) is -2.09. The van der Waals surface area contributed by atoms with Gasteiger partial charge in [-0.2, -0.15) is 5.26 Å². The Labute approximate surface area is 192 Å². The molecule has 2 atom stereocenters. The van der Waals surface area contributed by atoms with E-state index in [9.17, 15) is 14.9 Å². The van der Waals surface area contributed by atoms with Crippen LogP contribution < -0.4 is 0 Å². The predicted octanol–water partition coefficient (Wildman–Crippen LogP) is 2.76. The molecule has 0 amide bonds. The lowest BCUT2D eigenvalue weighted by Crippen LogP contribution is -2.37. The van der Waals surface area contributed by atoms with E-state index in [4.69, 9.17) is 9.47 Å². The number of ether oxygens (including phenoxy) is 2. The molecule has 2 aliphatic rings. The van der Waals surface area contributed by atoms with Crippen LogP contribution in [0.1, 0.15) is 30.9 Å². The Bertz CT molecular complexity index is 1040. The molecule has 0 saturated heterocycles. The summed E-state index contributed by atoms with van der Waals surface area (Å²) in [6.45, 7) is 5.26. The van der Waals surface area contributed by atoms with Gasteiger partial charge in [0.2, 0.25) is 0 Å². The van der Waals surface area contributed by atoms with Crippen molar-refractivity contribution < 1.29 is 19.1 Å². The van der Waals surface area contributed by atoms with Crippen molar-refractivity contribution in [2.24, 2.45) is 15.9 Å². The predicted molar refractivity (Wildman–Crippen MR) is 124 cm³/mol. The summed E-state index contributed by atoms with van der Waals surface area (Å²) in [6, 6.07) is 9.03. The number of aliphatic imine (C=N–C) groups is 2. The Morgan fingerprint density at radius 2 is 2.16 bits per heavy atom. The zero-order valence-electron chi connectivity index (χ0n) is 18.6. The highest BCUT2D eigenvalue weighted by Gasteiger charge is 2.43. The molecule has 1 aromatic carbocycles. The molecule has 0 radical (unpaired) electrons. The van der Waals surface area contributed by atoms with Crippen LogP contribution in [0.2, 0.25) is 0 Å². The van der Waals surface area contributed by atoms with Gasteiger partial charge in [-0.3, -0.25) is 14.8 Å². The maximum Gasteiger partial charge on any atom is 0.336 e. The molecule has 0 saturated carbocycles. The molecule has 8 nitrogen and oxygen atoms in total. The molecule has 0 aromatic heterocycles. The molecule has 2 unspecified atom stereocenters. The van der Waals surface area contributed by atoms with Gasteiger partial charge in [-0.15, -0.1) is 0 Å². The first-order valence-corrected chi connectivity index (χ1v) is 11.3. The standard InChI is InChI=1S/C23H26N4O4S/c1-5-31-22(29)20-17(13-32-23-25-9-10-27(23)3)26-14(2)18(21(28)30-4)19(20)16-8-6-7-15(11-16)12-24/h6-8,11,18-19H,5,9-10,13H2,1-4H3. The average Bonchev–Trinajstić information content (AvgIpc) is 3.21. The van der Waals surface area contributed by atoms with Crippen LogP contribution in [0.3, 0.4) is 0 Å². The van der Waals surface area contributed by atoms with Gasteiger partial charge in [0.05, 0.1) is 43.2 Å². The number of thioether (sulfide) groups is 1. The number of amidine groups is 1. The number of rotatable bonds is 6. The Balaban J connectivity index is 2.13. The van der Waals surface area contributed by atoms with Crippen molar-refractivity contribution in [3.63, 3.8) is 0 Å². The molecule has 0 fully saturated rings. The summed E-state index contributed by atoms with van der Waals surface area (Å²) in [7, 11) is 3.28. The van der Waals surface area contributed by atoms with Crippen molar-refractivity contribution >= 4 is 34.6 Å². The van der Waals surface area contributed by atoms with Gasteiger partial charge in [0.1, 0.15) is 5.92 Å². The van der Waals surface area contributed by atoms with Crippen LogP contribution in [0.25, 0.3) is 0 Å². The molecule has 1 aromatic rings. The minimum atomic E-state index is -0.798. The number of hydrogen-bond acceptors (Lipinski definition) is 9. The number of carbonyl (C=O) groups excluding carboxylic acids is 2. The topological polar surface area (TPSA) is 104 Å². The minimum absolute atomic E-state index is 0.189. The summed E-state index contributed by atoms with van der Waals surface area (Å²) in [5.41, 5.74) is 2.51. The first-order valence-electron chi connectivity index (χ1n) is 10.3. The lowest BCUT2D eigenvalue weighted by Gasteiger charge is -2.32. The number of carbonyl (C=O) groups is 2. The Morgan fingerprint density at radius 1 is 1.38 bits per heavy atom. The number of benzene rings is 1. The van der Waals surface area contributed by atoms with Gasteiger partial charge in [0.15, 0.2) is 5.17 Å². The van der Waals surface area contributed by atoms with E-state index in [1.54, 1.807) is 38.1 Å². The van der Waals surface area contributed by atoms with Gasteiger partial charge in [0.25, 0.3) is 0 Å². The number of nitriles is 1. The van der Waals surface area contributed by atoms with Crippen molar-refractivity contribution in [2.75, 3.05) is 39.6 Å². The van der Waals surface area contributed by atoms with Crippen LogP contribution in [-0.4, -0.2) is 67.3 Å². The lowest BCUT2D eigenvalue weighted by molar-refractivity contribution is -0.144. The largest absolute Gasteiger partial charge is 0.468 e. The molecule has 2 heterocycles. The van der Waals surface area contributed by atoms with E-state index in [1.807, 2.05) is 7.05 Å². The number of likely N-dealkylation sites (N-methyl/N-ethyl adjacent to an activating group) is 1. The molecule has 0 aliphatic carbocycles. The summed E-state index contributed by atoms with van der Waals surface area (Å²) in [6.07, 6.45) is 0. The van der Waals surface area contributed by atoms with E-state index < -0.39 is 23.8 Å². The van der Waals surface area contributed by atoms with E-state index >= 15 is 0 Å². The second-order valence-corrected chi connectivity index (χ2v) is 8.37. The lowest BCUT2D eigenvalue weighted by atomic mass is 9.75.